The minimum absolute atomic E-state index is 0.128. The molecule has 2 aromatic rings. The molecular weight excluding hydrogens is 310 g/mol. The molecule has 0 bridgehead atoms. The first-order valence-corrected chi connectivity index (χ1v) is 7.36. The van der Waals surface area contributed by atoms with E-state index in [1.807, 2.05) is 6.07 Å². The van der Waals surface area contributed by atoms with Crippen LogP contribution in [-0.2, 0) is 17.0 Å². The van der Waals surface area contributed by atoms with Crippen LogP contribution in [0.2, 0.25) is 0 Å². The van der Waals surface area contributed by atoms with Gasteiger partial charge in [-0.2, -0.15) is 13.7 Å². The van der Waals surface area contributed by atoms with Crippen LogP contribution in [0.1, 0.15) is 11.1 Å². The van der Waals surface area contributed by atoms with Gasteiger partial charge in [0.15, 0.2) is 5.75 Å². The maximum Gasteiger partial charge on any atom is 0.446 e. The molecule has 2 aromatic carbocycles. The summed E-state index contributed by atoms with van der Waals surface area (Å²) in [4.78, 5) is 0. The predicted molar refractivity (Wildman–Crippen MR) is 75.8 cm³/mol. The van der Waals surface area contributed by atoms with Gasteiger partial charge in [-0.05, 0) is 42.5 Å². The number of hydrogen-bond acceptors (Lipinski definition) is 6. The van der Waals surface area contributed by atoms with Crippen molar-refractivity contribution >= 4 is 10.4 Å². The first-order chi connectivity index (χ1) is 10.4. The zero-order chi connectivity index (χ0) is 16.2. The number of hydrogen-bond donors (Lipinski definition) is 2. The van der Waals surface area contributed by atoms with Crippen LogP contribution in [0.5, 0.6) is 17.2 Å². The highest BCUT2D eigenvalue weighted by atomic mass is 32.3. The van der Waals surface area contributed by atoms with Crippen LogP contribution in [-0.4, -0.2) is 18.1 Å². The van der Waals surface area contributed by atoms with E-state index in [2.05, 4.69) is 4.18 Å². The van der Waals surface area contributed by atoms with Gasteiger partial charge in [0, 0.05) is 5.56 Å². The summed E-state index contributed by atoms with van der Waals surface area (Å²) >= 11 is 0. The van der Waals surface area contributed by atoms with Crippen molar-refractivity contribution in [3.63, 3.8) is 0 Å². The number of aliphatic hydroxyl groups excluding tert-OH is 1. The van der Waals surface area contributed by atoms with E-state index in [9.17, 15) is 13.5 Å². The Labute approximate surface area is 126 Å². The topological polar surface area (TPSA) is 117 Å². The van der Waals surface area contributed by atoms with Gasteiger partial charge in [0.2, 0.25) is 0 Å². The van der Waals surface area contributed by atoms with E-state index in [-0.39, 0.29) is 11.3 Å². The monoisotopic (exact) mass is 321 g/mol. The van der Waals surface area contributed by atoms with Gasteiger partial charge >= 0.3 is 10.4 Å². The van der Waals surface area contributed by atoms with Crippen molar-refractivity contribution in [2.45, 2.75) is 6.61 Å². The summed E-state index contributed by atoms with van der Waals surface area (Å²) in [5.74, 6) is 0.597. The highest BCUT2D eigenvalue weighted by Crippen LogP contribution is 2.28. The Morgan fingerprint density at radius 2 is 1.73 bits per heavy atom. The molecule has 0 aliphatic heterocycles. The molecule has 8 heteroatoms. The summed E-state index contributed by atoms with van der Waals surface area (Å²) < 4.78 is 39.9. The average Bonchev–Trinajstić information content (AvgIpc) is 2.48. The number of nitriles is 1. The molecule has 0 aliphatic rings. The molecule has 0 radical (unpaired) electrons. The smallest absolute Gasteiger partial charge is 0.446 e. The van der Waals surface area contributed by atoms with Crippen molar-refractivity contribution in [2.24, 2.45) is 0 Å². The normalized spacial score (nSPS) is 10.8. The van der Waals surface area contributed by atoms with E-state index < -0.39 is 17.0 Å². The molecule has 0 spiro atoms. The molecule has 2 N–H and O–H groups in total. The molecule has 0 amide bonds. The zero-order valence-electron chi connectivity index (χ0n) is 11.1. The van der Waals surface area contributed by atoms with Gasteiger partial charge in [-0.25, -0.2) is 0 Å². The average molecular weight is 321 g/mol. The maximum atomic E-state index is 10.7. The molecule has 0 aliphatic carbocycles. The molecular formula is C14H11NO6S. The second kappa shape index (κ2) is 6.44. The van der Waals surface area contributed by atoms with Crippen LogP contribution in [0.4, 0.5) is 0 Å². The molecule has 0 saturated heterocycles. The Morgan fingerprint density at radius 3 is 2.27 bits per heavy atom. The van der Waals surface area contributed by atoms with Gasteiger partial charge in [0.25, 0.3) is 0 Å². The molecule has 7 nitrogen and oxygen atoms in total. The zero-order valence-corrected chi connectivity index (χ0v) is 11.9. The Balaban J connectivity index is 2.23. The second-order valence-corrected chi connectivity index (χ2v) is 5.20. The van der Waals surface area contributed by atoms with Crippen molar-refractivity contribution in [3.05, 3.63) is 53.6 Å². The summed E-state index contributed by atoms with van der Waals surface area (Å²) in [6.45, 7) is -0.505. The number of benzene rings is 2. The second-order valence-electron chi connectivity index (χ2n) is 4.18. The largest absolute Gasteiger partial charge is 0.457 e. The Kier molecular flexibility index (Phi) is 4.62. The summed E-state index contributed by atoms with van der Waals surface area (Å²) in [7, 11) is -4.67. The summed E-state index contributed by atoms with van der Waals surface area (Å²) in [5.41, 5.74) is 0.615. The van der Waals surface area contributed by atoms with Gasteiger partial charge in [-0.15, -0.1) is 0 Å². The minimum atomic E-state index is -4.67. The van der Waals surface area contributed by atoms with Gasteiger partial charge < -0.3 is 14.0 Å². The highest BCUT2D eigenvalue weighted by molar-refractivity contribution is 7.81. The summed E-state index contributed by atoms with van der Waals surface area (Å²) in [6.07, 6.45) is 0. The lowest BCUT2D eigenvalue weighted by Crippen LogP contribution is -2.08. The molecule has 0 heterocycles. The SMILES string of the molecule is N#Cc1ccc(Oc2ccc(OS(=O)(=O)O)c(CO)c2)cc1. The van der Waals surface area contributed by atoms with Crippen LogP contribution >= 0.6 is 0 Å². The molecule has 0 fully saturated rings. The van der Waals surface area contributed by atoms with Gasteiger partial charge in [0.1, 0.15) is 11.5 Å². The van der Waals surface area contributed by atoms with E-state index in [1.165, 1.54) is 18.2 Å². The van der Waals surface area contributed by atoms with Crippen molar-refractivity contribution in [3.8, 4) is 23.3 Å². The fourth-order valence-corrected chi connectivity index (χ4v) is 2.06. The van der Waals surface area contributed by atoms with Crippen molar-refractivity contribution < 1.29 is 27.0 Å². The van der Waals surface area contributed by atoms with Crippen LogP contribution in [0.25, 0.3) is 0 Å². The third-order valence-corrected chi connectivity index (χ3v) is 3.01. The Hall–Kier alpha value is -2.60. The first kappa shape index (κ1) is 15.8. The van der Waals surface area contributed by atoms with Gasteiger partial charge in [-0.3, -0.25) is 4.55 Å². The van der Waals surface area contributed by atoms with Crippen molar-refractivity contribution in [1.82, 2.24) is 0 Å². The molecule has 0 unspecified atom stereocenters. The number of ether oxygens (including phenoxy) is 1. The molecule has 114 valence electrons. The van der Waals surface area contributed by atoms with Crippen molar-refractivity contribution in [1.29, 1.82) is 5.26 Å². The first-order valence-electron chi connectivity index (χ1n) is 6.00. The Bertz CT molecular complexity index is 808. The summed E-state index contributed by atoms with van der Waals surface area (Å²) in [5, 5.41) is 17.9. The van der Waals surface area contributed by atoms with Crippen LogP contribution in [0.3, 0.4) is 0 Å². The fraction of sp³-hybridized carbons (Fsp3) is 0.0714. The lowest BCUT2D eigenvalue weighted by Gasteiger charge is -2.10. The Morgan fingerprint density at radius 1 is 1.09 bits per heavy atom. The minimum Gasteiger partial charge on any atom is -0.457 e. The van der Waals surface area contributed by atoms with Gasteiger partial charge in [-0.1, -0.05) is 0 Å². The number of rotatable bonds is 5. The van der Waals surface area contributed by atoms with E-state index in [0.29, 0.717) is 17.1 Å². The number of aliphatic hydroxyl groups is 1. The lowest BCUT2D eigenvalue weighted by atomic mass is 10.2. The van der Waals surface area contributed by atoms with Gasteiger partial charge in [0.05, 0.1) is 18.2 Å². The predicted octanol–water partition coefficient (Wildman–Crippen LogP) is 2.02. The fourth-order valence-electron chi connectivity index (χ4n) is 1.67. The lowest BCUT2D eigenvalue weighted by molar-refractivity contribution is 0.276. The molecule has 0 atom stereocenters. The van der Waals surface area contributed by atoms with E-state index in [1.54, 1.807) is 24.3 Å². The van der Waals surface area contributed by atoms with E-state index in [4.69, 9.17) is 14.6 Å². The molecule has 22 heavy (non-hydrogen) atoms. The third kappa shape index (κ3) is 4.20. The standard InChI is InChI=1S/C14H11NO6S/c15-8-10-1-3-12(4-2-10)20-13-5-6-14(11(7-13)9-16)21-22(17,18)19/h1-7,16H,9H2,(H,17,18,19). The molecule has 0 aromatic heterocycles. The third-order valence-electron chi connectivity index (χ3n) is 2.62. The summed E-state index contributed by atoms with van der Waals surface area (Å²) in [6, 6.07) is 12.4. The van der Waals surface area contributed by atoms with Crippen LogP contribution in [0, 0.1) is 11.3 Å². The van der Waals surface area contributed by atoms with Crippen LogP contribution < -0.4 is 8.92 Å². The maximum absolute atomic E-state index is 10.7. The highest BCUT2D eigenvalue weighted by Gasteiger charge is 2.12. The van der Waals surface area contributed by atoms with E-state index in [0.717, 1.165) is 0 Å². The van der Waals surface area contributed by atoms with Crippen molar-refractivity contribution in [2.75, 3.05) is 0 Å². The molecule has 2 rings (SSSR count). The number of nitrogens with zero attached hydrogens (tertiary/aromatic N) is 1. The quantitative estimate of drug-likeness (QED) is 0.809. The van der Waals surface area contributed by atoms with Crippen LogP contribution in [0.15, 0.2) is 42.5 Å². The molecule has 0 saturated carbocycles. The van der Waals surface area contributed by atoms with E-state index >= 15 is 0 Å².